The van der Waals surface area contributed by atoms with Crippen molar-refractivity contribution in [3.8, 4) is 0 Å². The fourth-order valence-corrected chi connectivity index (χ4v) is 1.83. The van der Waals surface area contributed by atoms with Crippen LogP contribution in [0.5, 0.6) is 0 Å². The summed E-state index contributed by atoms with van der Waals surface area (Å²) in [5.41, 5.74) is 6.57. The number of carbonyl (C=O) groups excluding carboxylic acids is 1. The van der Waals surface area contributed by atoms with Gasteiger partial charge in [-0.05, 0) is 22.8 Å². The van der Waals surface area contributed by atoms with E-state index in [1.165, 1.54) is 0 Å². The van der Waals surface area contributed by atoms with Crippen molar-refractivity contribution >= 4 is 16.6 Å². The SMILES string of the molecule is C.NC(Cc1ccc2ccccc2c1)C(=O)CF. The van der Waals surface area contributed by atoms with Crippen LogP contribution >= 0.6 is 0 Å². The van der Waals surface area contributed by atoms with Crippen molar-refractivity contribution in [1.82, 2.24) is 0 Å². The lowest BCUT2D eigenvalue weighted by atomic mass is 10.0. The standard InChI is InChI=1S/C14H14FNO.CH4/c15-9-14(17)13(16)8-10-5-6-11-3-1-2-4-12(11)7-10;/h1-7,13H,8-9,16H2;1H4. The molecule has 0 heterocycles. The first-order valence-electron chi connectivity index (χ1n) is 5.52. The number of nitrogens with two attached hydrogens (primary N) is 1. The fourth-order valence-electron chi connectivity index (χ4n) is 1.83. The van der Waals surface area contributed by atoms with E-state index in [1.54, 1.807) is 0 Å². The van der Waals surface area contributed by atoms with E-state index in [0.29, 0.717) is 6.42 Å². The van der Waals surface area contributed by atoms with Gasteiger partial charge in [-0.3, -0.25) is 4.79 Å². The summed E-state index contributed by atoms with van der Waals surface area (Å²) in [5.74, 6) is -0.543. The molecule has 0 aliphatic heterocycles. The van der Waals surface area contributed by atoms with E-state index in [1.807, 2.05) is 42.5 Å². The molecule has 0 aliphatic rings. The van der Waals surface area contributed by atoms with Gasteiger partial charge in [-0.1, -0.05) is 49.9 Å². The number of hydrogen-bond acceptors (Lipinski definition) is 2. The van der Waals surface area contributed by atoms with E-state index in [4.69, 9.17) is 5.73 Å². The van der Waals surface area contributed by atoms with Crippen LogP contribution < -0.4 is 5.73 Å². The van der Waals surface area contributed by atoms with Crippen molar-refractivity contribution in [3.05, 3.63) is 48.0 Å². The molecule has 2 N–H and O–H groups in total. The molecule has 2 rings (SSSR count). The molecular formula is C15H18FNO. The van der Waals surface area contributed by atoms with E-state index in [9.17, 15) is 9.18 Å². The molecule has 0 saturated heterocycles. The highest BCUT2D eigenvalue weighted by Crippen LogP contribution is 2.16. The third-order valence-corrected chi connectivity index (χ3v) is 2.81. The number of carbonyl (C=O) groups is 1. The molecule has 2 aromatic carbocycles. The van der Waals surface area contributed by atoms with Crippen molar-refractivity contribution in [3.63, 3.8) is 0 Å². The van der Waals surface area contributed by atoms with Crippen LogP contribution in [0.4, 0.5) is 4.39 Å². The number of Topliss-reactive ketones (excluding diaryl/α,β-unsaturated/α-hetero) is 1. The molecule has 96 valence electrons. The molecule has 0 bridgehead atoms. The first-order valence-corrected chi connectivity index (χ1v) is 5.52. The van der Waals surface area contributed by atoms with Crippen LogP contribution in [0.2, 0.25) is 0 Å². The topological polar surface area (TPSA) is 43.1 Å². The lowest BCUT2D eigenvalue weighted by Gasteiger charge is -2.09. The molecular weight excluding hydrogens is 229 g/mol. The highest BCUT2D eigenvalue weighted by molar-refractivity contribution is 5.86. The van der Waals surface area contributed by atoms with Crippen LogP contribution in [0.25, 0.3) is 10.8 Å². The predicted octanol–water partition coefficient (Wildman–Crippen LogP) is 2.88. The zero-order chi connectivity index (χ0) is 12.3. The number of ketones is 1. The Kier molecular flexibility index (Phi) is 4.98. The second-order valence-electron chi connectivity index (χ2n) is 4.09. The summed E-state index contributed by atoms with van der Waals surface area (Å²) in [6, 6.07) is 13.1. The minimum absolute atomic E-state index is 0. The molecule has 0 saturated carbocycles. The second-order valence-corrected chi connectivity index (χ2v) is 4.09. The summed E-state index contributed by atoms with van der Waals surface area (Å²) in [6.07, 6.45) is 0.383. The first-order chi connectivity index (χ1) is 8.20. The average molecular weight is 247 g/mol. The molecule has 2 nitrogen and oxygen atoms in total. The summed E-state index contributed by atoms with van der Waals surface area (Å²) >= 11 is 0. The summed E-state index contributed by atoms with van der Waals surface area (Å²) < 4.78 is 12.2. The van der Waals surface area contributed by atoms with Gasteiger partial charge in [0.15, 0.2) is 5.78 Å². The Bertz CT molecular complexity index is 539. The molecule has 1 atom stereocenters. The minimum Gasteiger partial charge on any atom is -0.321 e. The Hall–Kier alpha value is -1.74. The van der Waals surface area contributed by atoms with Crippen LogP contribution in [-0.4, -0.2) is 18.5 Å². The Morgan fingerprint density at radius 1 is 1.17 bits per heavy atom. The summed E-state index contributed by atoms with van der Waals surface area (Å²) in [6.45, 7) is -0.991. The molecule has 0 aliphatic carbocycles. The molecule has 0 amide bonds. The maximum atomic E-state index is 12.2. The molecule has 0 fully saturated rings. The number of rotatable bonds is 4. The molecule has 1 unspecified atom stereocenters. The molecule has 18 heavy (non-hydrogen) atoms. The van der Waals surface area contributed by atoms with Gasteiger partial charge in [0.1, 0.15) is 6.67 Å². The van der Waals surface area contributed by atoms with Crippen molar-refractivity contribution in [1.29, 1.82) is 0 Å². The Balaban J connectivity index is 0.00000162. The minimum atomic E-state index is -0.991. The van der Waals surface area contributed by atoms with Crippen molar-refractivity contribution in [2.24, 2.45) is 5.73 Å². The van der Waals surface area contributed by atoms with Gasteiger partial charge >= 0.3 is 0 Å². The first kappa shape index (κ1) is 14.3. The number of fused-ring (bicyclic) bond motifs is 1. The third kappa shape index (κ3) is 3.14. The Morgan fingerprint density at radius 2 is 1.83 bits per heavy atom. The average Bonchev–Trinajstić information content (AvgIpc) is 2.37. The fraction of sp³-hybridized carbons (Fsp3) is 0.267. The van der Waals surface area contributed by atoms with E-state index < -0.39 is 18.5 Å². The van der Waals surface area contributed by atoms with Crippen LogP contribution in [0.1, 0.15) is 13.0 Å². The Labute approximate surface area is 107 Å². The molecule has 0 aromatic heterocycles. The van der Waals surface area contributed by atoms with E-state index in [2.05, 4.69) is 0 Å². The number of alkyl halides is 1. The van der Waals surface area contributed by atoms with Crippen LogP contribution in [0, 0.1) is 0 Å². The van der Waals surface area contributed by atoms with Gasteiger partial charge in [0.05, 0.1) is 6.04 Å². The largest absolute Gasteiger partial charge is 0.321 e. The van der Waals surface area contributed by atoms with Crippen molar-refractivity contribution in [2.45, 2.75) is 19.9 Å². The van der Waals surface area contributed by atoms with Gasteiger partial charge in [-0.25, -0.2) is 4.39 Å². The zero-order valence-corrected chi connectivity index (χ0v) is 9.40. The second kappa shape index (κ2) is 6.26. The van der Waals surface area contributed by atoms with Gasteiger partial charge in [0, 0.05) is 0 Å². The highest BCUT2D eigenvalue weighted by Gasteiger charge is 2.13. The summed E-state index contributed by atoms with van der Waals surface area (Å²) in [7, 11) is 0. The van der Waals surface area contributed by atoms with Gasteiger partial charge in [-0.2, -0.15) is 0 Å². The van der Waals surface area contributed by atoms with E-state index in [-0.39, 0.29) is 7.43 Å². The molecule has 0 spiro atoms. The molecule has 0 radical (unpaired) electrons. The van der Waals surface area contributed by atoms with Crippen LogP contribution in [-0.2, 0) is 11.2 Å². The van der Waals surface area contributed by atoms with Crippen molar-refractivity contribution < 1.29 is 9.18 Å². The van der Waals surface area contributed by atoms with Gasteiger partial charge in [-0.15, -0.1) is 0 Å². The highest BCUT2D eigenvalue weighted by atomic mass is 19.1. The molecule has 2 aromatic rings. The van der Waals surface area contributed by atoms with E-state index >= 15 is 0 Å². The molecule has 3 heteroatoms. The number of halogens is 1. The van der Waals surface area contributed by atoms with Gasteiger partial charge in [0.25, 0.3) is 0 Å². The van der Waals surface area contributed by atoms with Gasteiger partial charge in [0.2, 0.25) is 0 Å². The Morgan fingerprint density at radius 3 is 2.50 bits per heavy atom. The van der Waals surface area contributed by atoms with E-state index in [0.717, 1.165) is 16.3 Å². The quantitative estimate of drug-likeness (QED) is 0.902. The monoisotopic (exact) mass is 247 g/mol. The lowest BCUT2D eigenvalue weighted by Crippen LogP contribution is -2.33. The van der Waals surface area contributed by atoms with Gasteiger partial charge < -0.3 is 5.73 Å². The third-order valence-electron chi connectivity index (χ3n) is 2.81. The summed E-state index contributed by atoms with van der Waals surface area (Å²) in [5, 5.41) is 2.24. The van der Waals surface area contributed by atoms with Crippen LogP contribution in [0.15, 0.2) is 42.5 Å². The normalized spacial score (nSPS) is 11.9. The smallest absolute Gasteiger partial charge is 0.180 e. The zero-order valence-electron chi connectivity index (χ0n) is 9.40. The van der Waals surface area contributed by atoms with Crippen molar-refractivity contribution in [2.75, 3.05) is 6.67 Å². The maximum absolute atomic E-state index is 12.2. The predicted molar refractivity (Wildman–Crippen MR) is 73.3 cm³/mol. The maximum Gasteiger partial charge on any atom is 0.180 e. The number of hydrogen-bond donors (Lipinski definition) is 1. The van der Waals surface area contributed by atoms with Crippen LogP contribution in [0.3, 0.4) is 0 Å². The lowest BCUT2D eigenvalue weighted by molar-refractivity contribution is -0.121. The number of benzene rings is 2. The summed E-state index contributed by atoms with van der Waals surface area (Å²) in [4.78, 5) is 11.1.